The Morgan fingerprint density at radius 1 is 1.36 bits per heavy atom. The molecule has 0 aromatic carbocycles. The summed E-state index contributed by atoms with van der Waals surface area (Å²) in [6, 6.07) is 0. The molecule has 0 spiro atoms. The molecule has 0 heterocycles. The lowest BCUT2D eigenvalue weighted by molar-refractivity contribution is 0.627. The van der Waals surface area contributed by atoms with Crippen LogP contribution in [0, 0.1) is 0 Å². The number of rotatable bonds is 3. The predicted molar refractivity (Wildman–Crippen MR) is 55.4 cm³/mol. The fourth-order valence-electron chi connectivity index (χ4n) is 0.769. The maximum absolute atomic E-state index is 13.3. The summed E-state index contributed by atoms with van der Waals surface area (Å²) in [4.78, 5) is 3.24. The summed E-state index contributed by atoms with van der Waals surface area (Å²) >= 11 is 0. The van der Waals surface area contributed by atoms with Gasteiger partial charge in [0.25, 0.3) is 6.09 Å². The van der Waals surface area contributed by atoms with Crippen molar-refractivity contribution in [2.75, 3.05) is 7.05 Å². The van der Waals surface area contributed by atoms with E-state index in [0.29, 0.717) is 5.57 Å². The fourth-order valence-corrected chi connectivity index (χ4v) is 0.769. The van der Waals surface area contributed by atoms with Gasteiger partial charge in [-0.1, -0.05) is 12.7 Å². The number of aliphatic imine (C=N–C) groups is 1. The third kappa shape index (κ3) is 3.98. The Hall–Kier alpha value is -1.45. The van der Waals surface area contributed by atoms with E-state index in [9.17, 15) is 8.78 Å². The second kappa shape index (κ2) is 6.07. The summed E-state index contributed by atoms with van der Waals surface area (Å²) < 4.78 is 26.0. The first-order valence-electron chi connectivity index (χ1n) is 4.08. The number of halogens is 2. The van der Waals surface area contributed by atoms with Gasteiger partial charge in [-0.3, -0.25) is 0 Å². The molecule has 0 aliphatic carbocycles. The van der Waals surface area contributed by atoms with Gasteiger partial charge in [0.2, 0.25) is 0 Å². The van der Waals surface area contributed by atoms with Crippen molar-refractivity contribution in [2.45, 2.75) is 13.8 Å². The van der Waals surface area contributed by atoms with E-state index in [1.807, 2.05) is 0 Å². The minimum absolute atomic E-state index is 0.0769. The maximum Gasteiger partial charge on any atom is 0.282 e. The van der Waals surface area contributed by atoms with Crippen molar-refractivity contribution in [3.8, 4) is 0 Å². The molecule has 0 atom stereocenters. The predicted octanol–water partition coefficient (Wildman–Crippen LogP) is 2.86. The van der Waals surface area contributed by atoms with Crippen LogP contribution in [0.5, 0.6) is 0 Å². The molecule has 0 bridgehead atoms. The van der Waals surface area contributed by atoms with E-state index >= 15 is 0 Å². The lowest BCUT2D eigenvalue weighted by atomic mass is 10.2. The molecule has 78 valence electrons. The molecule has 0 aliphatic heterocycles. The van der Waals surface area contributed by atoms with Gasteiger partial charge in [-0.2, -0.15) is 4.39 Å². The van der Waals surface area contributed by atoms with E-state index < -0.39 is 11.9 Å². The van der Waals surface area contributed by atoms with Gasteiger partial charge in [0.15, 0.2) is 0 Å². The second-order valence-corrected chi connectivity index (χ2v) is 2.76. The number of nitrogens with zero attached hydrogens (tertiary/aromatic N) is 1. The highest BCUT2D eigenvalue weighted by atomic mass is 19.1. The molecule has 4 heteroatoms. The van der Waals surface area contributed by atoms with Gasteiger partial charge in [0.1, 0.15) is 5.83 Å². The Morgan fingerprint density at radius 2 is 1.93 bits per heavy atom. The number of amidine groups is 1. The van der Waals surface area contributed by atoms with Gasteiger partial charge >= 0.3 is 0 Å². The number of nitrogens with one attached hydrogen (secondary N) is 1. The molecule has 0 fully saturated rings. The van der Waals surface area contributed by atoms with Crippen molar-refractivity contribution < 1.29 is 8.78 Å². The third-order valence-electron chi connectivity index (χ3n) is 1.43. The minimum Gasteiger partial charge on any atom is -0.314 e. The fraction of sp³-hybridized carbons (Fsp3) is 0.300. The van der Waals surface area contributed by atoms with E-state index in [1.54, 1.807) is 13.8 Å². The summed E-state index contributed by atoms with van der Waals surface area (Å²) in [5.74, 6) is -0.571. The summed E-state index contributed by atoms with van der Waals surface area (Å²) in [5.41, 5.74) is 0.701. The lowest BCUT2D eigenvalue weighted by Gasteiger charge is -2.07. The summed E-state index contributed by atoms with van der Waals surface area (Å²) in [6.45, 7) is 6.69. The molecule has 0 saturated heterocycles. The third-order valence-corrected chi connectivity index (χ3v) is 1.43. The Bertz CT molecular complexity index is 297. The van der Waals surface area contributed by atoms with E-state index in [-0.39, 0.29) is 5.70 Å². The first kappa shape index (κ1) is 12.6. The Labute approximate surface area is 82.7 Å². The lowest BCUT2D eigenvalue weighted by Crippen LogP contribution is -2.20. The molecule has 0 aromatic rings. The van der Waals surface area contributed by atoms with E-state index in [2.05, 4.69) is 16.9 Å². The molecule has 1 N–H and O–H groups in total. The number of hydrogen-bond acceptors (Lipinski definition) is 1. The van der Waals surface area contributed by atoms with Crippen molar-refractivity contribution in [3.05, 3.63) is 35.8 Å². The van der Waals surface area contributed by atoms with Crippen LogP contribution < -0.4 is 5.32 Å². The van der Waals surface area contributed by atoms with Crippen LogP contribution in [0.3, 0.4) is 0 Å². The molecule has 2 nitrogen and oxygen atoms in total. The Kier molecular flexibility index (Phi) is 5.44. The molecule has 14 heavy (non-hydrogen) atoms. The van der Waals surface area contributed by atoms with Crippen LogP contribution in [0.15, 0.2) is 40.8 Å². The van der Waals surface area contributed by atoms with E-state index in [1.165, 1.54) is 13.1 Å². The molecule has 0 saturated carbocycles. The van der Waals surface area contributed by atoms with Gasteiger partial charge in [-0.25, -0.2) is 9.38 Å². The van der Waals surface area contributed by atoms with Gasteiger partial charge in [0, 0.05) is 7.05 Å². The zero-order valence-corrected chi connectivity index (χ0v) is 8.56. The number of hydrogen-bond donors (Lipinski definition) is 1. The first-order chi connectivity index (χ1) is 6.52. The standard InChI is InChI=1S/C10H14F2N2/c1-5-6-8(11)9(7(2)3)14-10(12)13-4/h5-6H,1H2,2-4H3,(H,13,14)/b8-6+. The highest BCUT2D eigenvalue weighted by Crippen LogP contribution is 2.13. The maximum atomic E-state index is 13.3. The number of allylic oxidation sites excluding steroid dienone is 4. The van der Waals surface area contributed by atoms with Crippen LogP contribution >= 0.6 is 0 Å². The monoisotopic (exact) mass is 200 g/mol. The van der Waals surface area contributed by atoms with E-state index in [4.69, 9.17) is 0 Å². The molecular weight excluding hydrogens is 186 g/mol. The quantitative estimate of drug-likeness (QED) is 0.322. The van der Waals surface area contributed by atoms with Crippen molar-refractivity contribution in [1.29, 1.82) is 0 Å². The topological polar surface area (TPSA) is 24.4 Å². The van der Waals surface area contributed by atoms with Crippen LogP contribution in [0.25, 0.3) is 0 Å². The van der Waals surface area contributed by atoms with Crippen LogP contribution in [-0.4, -0.2) is 13.1 Å². The molecule has 0 amide bonds. The van der Waals surface area contributed by atoms with Gasteiger partial charge in [0.05, 0.1) is 5.70 Å². The van der Waals surface area contributed by atoms with E-state index in [0.717, 1.165) is 6.08 Å². The van der Waals surface area contributed by atoms with Crippen LogP contribution in [0.2, 0.25) is 0 Å². The summed E-state index contributed by atoms with van der Waals surface area (Å²) in [7, 11) is 1.28. The van der Waals surface area contributed by atoms with Crippen molar-refractivity contribution in [3.63, 3.8) is 0 Å². The molecule has 0 aromatic heterocycles. The zero-order valence-electron chi connectivity index (χ0n) is 8.56. The first-order valence-corrected chi connectivity index (χ1v) is 4.08. The van der Waals surface area contributed by atoms with Crippen molar-refractivity contribution >= 4 is 6.09 Å². The normalized spacial score (nSPS) is 12.4. The van der Waals surface area contributed by atoms with Gasteiger partial charge in [-0.05, 0) is 25.5 Å². The SMILES string of the molecule is C=C/C=C(/F)C(NC(F)=NC)=C(C)C. The van der Waals surface area contributed by atoms with Crippen LogP contribution in [-0.2, 0) is 0 Å². The molecule has 0 aliphatic rings. The van der Waals surface area contributed by atoms with Crippen LogP contribution in [0.1, 0.15) is 13.8 Å². The van der Waals surface area contributed by atoms with Gasteiger partial charge < -0.3 is 5.32 Å². The summed E-state index contributed by atoms with van der Waals surface area (Å²) in [5, 5.41) is 2.22. The molecule has 0 rings (SSSR count). The summed E-state index contributed by atoms with van der Waals surface area (Å²) in [6.07, 6.45) is 1.62. The van der Waals surface area contributed by atoms with Crippen LogP contribution in [0.4, 0.5) is 8.78 Å². The highest BCUT2D eigenvalue weighted by molar-refractivity contribution is 5.75. The second-order valence-electron chi connectivity index (χ2n) is 2.76. The minimum atomic E-state index is -0.825. The van der Waals surface area contributed by atoms with Gasteiger partial charge in [-0.15, -0.1) is 0 Å². The highest BCUT2D eigenvalue weighted by Gasteiger charge is 2.07. The van der Waals surface area contributed by atoms with Crippen molar-refractivity contribution in [2.24, 2.45) is 4.99 Å². The largest absolute Gasteiger partial charge is 0.314 e. The Balaban J connectivity index is 4.91. The zero-order chi connectivity index (χ0) is 11.1. The van der Waals surface area contributed by atoms with Crippen molar-refractivity contribution in [1.82, 2.24) is 5.32 Å². The average molecular weight is 200 g/mol. The average Bonchev–Trinajstić information content (AvgIpc) is 2.13. The molecular formula is C10H14F2N2. The molecule has 0 unspecified atom stereocenters. The smallest absolute Gasteiger partial charge is 0.282 e. The Morgan fingerprint density at radius 3 is 2.29 bits per heavy atom. The molecule has 0 radical (unpaired) electrons.